The van der Waals surface area contributed by atoms with Gasteiger partial charge in [-0.2, -0.15) is 0 Å². The second-order valence-corrected chi connectivity index (χ2v) is 6.58. The molecule has 1 N–H and O–H groups in total. The van der Waals surface area contributed by atoms with Gasteiger partial charge in [0.1, 0.15) is 0 Å². The largest absolute Gasteiger partial charge is 0.391 e. The molecule has 2 fully saturated rings. The first kappa shape index (κ1) is 14.1. The van der Waals surface area contributed by atoms with Crippen molar-refractivity contribution in [3.8, 4) is 0 Å². The molecule has 3 heteroatoms. The lowest BCUT2D eigenvalue weighted by Crippen LogP contribution is -2.48. The maximum Gasteiger partial charge on any atom is 0.0701 e. The Morgan fingerprint density at radius 3 is 2.75 bits per heavy atom. The fourth-order valence-corrected chi connectivity index (χ4v) is 3.84. The van der Waals surface area contributed by atoms with Crippen molar-refractivity contribution in [3.63, 3.8) is 0 Å². The van der Waals surface area contributed by atoms with Crippen molar-refractivity contribution in [2.24, 2.45) is 5.41 Å². The van der Waals surface area contributed by atoms with E-state index in [2.05, 4.69) is 36.2 Å². The van der Waals surface area contributed by atoms with Crippen LogP contribution in [0.5, 0.6) is 0 Å². The van der Waals surface area contributed by atoms with Crippen molar-refractivity contribution in [2.75, 3.05) is 20.3 Å². The van der Waals surface area contributed by atoms with Gasteiger partial charge in [0.25, 0.3) is 0 Å². The number of benzene rings is 1. The molecule has 1 aromatic carbocycles. The Kier molecular flexibility index (Phi) is 4.11. The Hall–Kier alpha value is -0.900. The van der Waals surface area contributed by atoms with Crippen LogP contribution in [0.25, 0.3) is 0 Å². The van der Waals surface area contributed by atoms with E-state index in [1.54, 1.807) is 0 Å². The van der Waals surface area contributed by atoms with Crippen molar-refractivity contribution in [1.82, 2.24) is 4.90 Å². The van der Waals surface area contributed by atoms with Gasteiger partial charge in [0.15, 0.2) is 0 Å². The van der Waals surface area contributed by atoms with Crippen LogP contribution in [-0.4, -0.2) is 42.4 Å². The van der Waals surface area contributed by atoms with Crippen LogP contribution in [0, 0.1) is 5.41 Å². The average Bonchev–Trinajstić information content (AvgIpc) is 2.88. The third kappa shape index (κ3) is 2.90. The summed E-state index contributed by atoms with van der Waals surface area (Å²) >= 11 is 0. The molecule has 1 aliphatic heterocycles. The van der Waals surface area contributed by atoms with E-state index in [0.717, 1.165) is 39.0 Å². The molecule has 3 rings (SSSR count). The third-order valence-electron chi connectivity index (χ3n) is 5.08. The van der Waals surface area contributed by atoms with Crippen molar-refractivity contribution >= 4 is 0 Å². The molecule has 1 heterocycles. The van der Waals surface area contributed by atoms with Gasteiger partial charge in [0, 0.05) is 19.2 Å². The zero-order chi connectivity index (χ0) is 14.0. The normalized spacial score (nSPS) is 34.0. The second-order valence-electron chi connectivity index (χ2n) is 6.58. The Morgan fingerprint density at radius 2 is 2.10 bits per heavy atom. The van der Waals surface area contributed by atoms with Gasteiger partial charge in [-0.05, 0) is 43.7 Å². The van der Waals surface area contributed by atoms with Gasteiger partial charge in [-0.1, -0.05) is 30.3 Å². The minimum absolute atomic E-state index is 0.223. The third-order valence-corrected chi connectivity index (χ3v) is 5.08. The summed E-state index contributed by atoms with van der Waals surface area (Å²) < 4.78 is 5.55. The standard InChI is InChI=1S/C17H25NO2/c1-18(12-14-5-3-2-4-6-14)15-7-8-17(11-16(15)19)9-10-20-13-17/h2-6,15-16,19H,7-13H2,1H3/t15?,16-,17-/m0/s1. The molecule has 20 heavy (non-hydrogen) atoms. The second kappa shape index (κ2) is 5.84. The minimum Gasteiger partial charge on any atom is -0.391 e. The zero-order valence-corrected chi connectivity index (χ0v) is 12.3. The van der Waals surface area contributed by atoms with Crippen molar-refractivity contribution in [3.05, 3.63) is 35.9 Å². The molecule has 3 nitrogen and oxygen atoms in total. The number of likely N-dealkylation sites (N-methyl/N-ethyl adjacent to an activating group) is 1. The highest BCUT2D eigenvalue weighted by molar-refractivity contribution is 5.14. The summed E-state index contributed by atoms with van der Waals surface area (Å²) in [5, 5.41) is 10.5. The Morgan fingerprint density at radius 1 is 1.30 bits per heavy atom. The van der Waals surface area contributed by atoms with Crippen LogP contribution in [0.2, 0.25) is 0 Å². The molecule has 0 bridgehead atoms. The first-order valence-electron chi connectivity index (χ1n) is 7.69. The monoisotopic (exact) mass is 275 g/mol. The number of nitrogens with zero attached hydrogens (tertiary/aromatic N) is 1. The summed E-state index contributed by atoms with van der Waals surface area (Å²) in [6, 6.07) is 10.8. The molecule has 1 unspecified atom stereocenters. The Bertz CT molecular complexity index is 428. The summed E-state index contributed by atoms with van der Waals surface area (Å²) in [6.45, 7) is 2.63. The highest BCUT2D eigenvalue weighted by atomic mass is 16.5. The van der Waals surface area contributed by atoms with Crippen molar-refractivity contribution in [2.45, 2.75) is 44.4 Å². The van der Waals surface area contributed by atoms with E-state index in [4.69, 9.17) is 4.74 Å². The number of hydrogen-bond donors (Lipinski definition) is 1. The molecule has 1 saturated heterocycles. The van der Waals surface area contributed by atoms with Crippen LogP contribution in [0.1, 0.15) is 31.2 Å². The van der Waals surface area contributed by atoms with Crippen LogP contribution >= 0.6 is 0 Å². The maximum atomic E-state index is 10.5. The van der Waals surface area contributed by atoms with Crippen molar-refractivity contribution < 1.29 is 9.84 Å². The quantitative estimate of drug-likeness (QED) is 0.919. The molecule has 1 spiro atoms. The minimum atomic E-state index is -0.223. The zero-order valence-electron chi connectivity index (χ0n) is 12.3. The van der Waals surface area contributed by atoms with E-state index in [1.807, 2.05) is 6.07 Å². The molecule has 1 saturated carbocycles. The first-order chi connectivity index (χ1) is 9.69. The van der Waals surface area contributed by atoms with Crippen LogP contribution in [0.4, 0.5) is 0 Å². The number of hydrogen-bond acceptors (Lipinski definition) is 3. The molecule has 2 aliphatic rings. The number of ether oxygens (including phenoxy) is 1. The summed E-state index contributed by atoms with van der Waals surface area (Å²) in [6.07, 6.45) is 4.07. The van der Waals surface area contributed by atoms with Crippen LogP contribution in [0.3, 0.4) is 0 Å². The summed E-state index contributed by atoms with van der Waals surface area (Å²) in [4.78, 5) is 2.31. The average molecular weight is 275 g/mol. The highest BCUT2D eigenvalue weighted by Gasteiger charge is 2.43. The van der Waals surface area contributed by atoms with Crippen LogP contribution in [0.15, 0.2) is 30.3 Å². The van der Waals surface area contributed by atoms with E-state index >= 15 is 0 Å². The van der Waals surface area contributed by atoms with E-state index in [1.165, 1.54) is 12.0 Å². The summed E-state index contributed by atoms with van der Waals surface area (Å²) in [5.74, 6) is 0. The Labute approximate surface area is 121 Å². The van der Waals surface area contributed by atoms with Crippen LogP contribution in [-0.2, 0) is 11.3 Å². The van der Waals surface area contributed by atoms with E-state index in [9.17, 15) is 5.11 Å². The summed E-state index contributed by atoms with van der Waals surface area (Å²) in [7, 11) is 2.13. The van der Waals surface area contributed by atoms with Gasteiger partial charge in [0.2, 0.25) is 0 Å². The molecule has 1 aliphatic carbocycles. The molecule has 3 atom stereocenters. The van der Waals surface area contributed by atoms with Gasteiger partial charge in [-0.25, -0.2) is 0 Å². The fourth-order valence-electron chi connectivity index (χ4n) is 3.84. The SMILES string of the molecule is CN(Cc1ccccc1)C1CC[C@]2(CCOC2)C[C@@H]1O. The predicted octanol–water partition coefficient (Wildman–Crippen LogP) is 2.44. The lowest BCUT2D eigenvalue weighted by molar-refractivity contribution is -0.0268. The number of rotatable bonds is 3. The van der Waals surface area contributed by atoms with Gasteiger partial charge in [-0.15, -0.1) is 0 Å². The molecule has 0 aromatic heterocycles. The highest BCUT2D eigenvalue weighted by Crippen LogP contribution is 2.43. The van der Waals surface area contributed by atoms with Crippen LogP contribution < -0.4 is 0 Å². The van der Waals surface area contributed by atoms with E-state index < -0.39 is 0 Å². The molecular formula is C17H25NO2. The van der Waals surface area contributed by atoms with Gasteiger partial charge in [0.05, 0.1) is 12.7 Å². The van der Waals surface area contributed by atoms with Crippen molar-refractivity contribution in [1.29, 1.82) is 0 Å². The van der Waals surface area contributed by atoms with E-state index in [-0.39, 0.29) is 17.6 Å². The lowest BCUT2D eigenvalue weighted by Gasteiger charge is -2.43. The topological polar surface area (TPSA) is 32.7 Å². The lowest BCUT2D eigenvalue weighted by atomic mass is 9.70. The maximum absolute atomic E-state index is 10.5. The van der Waals surface area contributed by atoms with Gasteiger partial charge in [-0.3, -0.25) is 4.90 Å². The molecule has 0 radical (unpaired) electrons. The van der Waals surface area contributed by atoms with Gasteiger partial charge >= 0.3 is 0 Å². The van der Waals surface area contributed by atoms with Gasteiger partial charge < -0.3 is 9.84 Å². The smallest absolute Gasteiger partial charge is 0.0701 e. The molecule has 110 valence electrons. The summed E-state index contributed by atoms with van der Waals surface area (Å²) in [5.41, 5.74) is 1.58. The molecule has 0 amide bonds. The number of aliphatic hydroxyl groups is 1. The molecular weight excluding hydrogens is 250 g/mol. The Balaban J connectivity index is 1.60. The predicted molar refractivity (Wildman–Crippen MR) is 79.4 cm³/mol. The fraction of sp³-hybridized carbons (Fsp3) is 0.647. The first-order valence-corrected chi connectivity index (χ1v) is 7.69. The van der Waals surface area contributed by atoms with E-state index in [0.29, 0.717) is 0 Å². The number of aliphatic hydroxyl groups excluding tert-OH is 1. The molecule has 1 aromatic rings.